The monoisotopic (exact) mass is 632 g/mol. The molecule has 0 unspecified atom stereocenters. The Bertz CT molecular complexity index is 1690. The average Bonchev–Trinajstić information content (AvgIpc) is 3.47. The first-order valence-electron chi connectivity index (χ1n) is 14.8. The van der Waals surface area contributed by atoms with Crippen molar-refractivity contribution in [2.24, 2.45) is 0 Å². The maximum absolute atomic E-state index is 13.8. The summed E-state index contributed by atoms with van der Waals surface area (Å²) in [6.07, 6.45) is -0.691. The van der Waals surface area contributed by atoms with E-state index in [1.54, 1.807) is 18.0 Å². The van der Waals surface area contributed by atoms with Crippen molar-refractivity contribution < 1.29 is 27.5 Å². The molecule has 1 heterocycles. The van der Waals surface area contributed by atoms with Gasteiger partial charge in [0, 0.05) is 30.8 Å². The number of sulfonamides is 1. The highest BCUT2D eigenvalue weighted by Crippen LogP contribution is 2.21. The Morgan fingerprint density at radius 1 is 0.889 bits per heavy atom. The zero-order chi connectivity index (χ0) is 32.6. The fourth-order valence-electron chi connectivity index (χ4n) is 4.83. The normalized spacial score (nSPS) is 13.4. The van der Waals surface area contributed by atoms with Crippen LogP contribution >= 0.6 is 0 Å². The lowest BCUT2D eigenvalue weighted by atomic mass is 9.99. The summed E-state index contributed by atoms with van der Waals surface area (Å²) in [5, 5.41) is 17.2. The molecule has 11 heteroatoms. The molecule has 3 atom stereocenters. The second-order valence-corrected chi connectivity index (χ2v) is 13.0. The van der Waals surface area contributed by atoms with Crippen LogP contribution in [0, 0.1) is 6.92 Å². The number of benzene rings is 3. The van der Waals surface area contributed by atoms with Crippen molar-refractivity contribution in [3.05, 3.63) is 119 Å². The Labute approximate surface area is 264 Å². The van der Waals surface area contributed by atoms with E-state index in [4.69, 9.17) is 4.42 Å². The number of aliphatic hydroxyl groups is 1. The molecule has 0 saturated heterocycles. The van der Waals surface area contributed by atoms with Crippen LogP contribution in [0.1, 0.15) is 57.5 Å². The van der Waals surface area contributed by atoms with E-state index in [-0.39, 0.29) is 35.2 Å². The lowest BCUT2D eigenvalue weighted by Crippen LogP contribution is -2.49. The van der Waals surface area contributed by atoms with Crippen molar-refractivity contribution >= 4 is 33.4 Å². The molecule has 4 N–H and O–H groups in total. The number of likely N-dealkylation sites (N-methyl/N-ethyl adjacent to an activating group) is 1. The number of amides is 2. The van der Waals surface area contributed by atoms with Crippen molar-refractivity contribution in [2.75, 3.05) is 29.0 Å². The number of nitrogens with zero attached hydrogens (tertiary/aromatic N) is 1. The van der Waals surface area contributed by atoms with Crippen LogP contribution < -0.4 is 20.3 Å². The number of hydrogen-bond donors (Lipinski definition) is 4. The first kappa shape index (κ1) is 33.3. The molecule has 0 bridgehead atoms. The average molecular weight is 633 g/mol. The molecule has 0 aliphatic rings. The van der Waals surface area contributed by atoms with Crippen LogP contribution in [0.3, 0.4) is 0 Å². The third kappa shape index (κ3) is 9.44. The van der Waals surface area contributed by atoms with Gasteiger partial charge in [-0.2, -0.15) is 0 Å². The Morgan fingerprint density at radius 2 is 1.49 bits per heavy atom. The number of aryl methyl sites for hydroxylation is 1. The van der Waals surface area contributed by atoms with Crippen LogP contribution in [0.15, 0.2) is 95.4 Å². The lowest BCUT2D eigenvalue weighted by Gasteiger charge is -2.28. The quantitative estimate of drug-likeness (QED) is 0.158. The Hall–Kier alpha value is -4.61. The highest BCUT2D eigenvalue weighted by molar-refractivity contribution is 7.92. The highest BCUT2D eigenvalue weighted by atomic mass is 32.2. The van der Waals surface area contributed by atoms with E-state index in [9.17, 15) is 23.1 Å². The van der Waals surface area contributed by atoms with Gasteiger partial charge in [0.05, 0.1) is 29.6 Å². The third-order valence-electron chi connectivity index (χ3n) is 7.40. The summed E-state index contributed by atoms with van der Waals surface area (Å²) in [5.41, 5.74) is 2.03. The number of nitrogens with one attached hydrogen (secondary N) is 3. The molecule has 1 aromatic heterocycles. The molecule has 4 aromatic rings. The maximum Gasteiger partial charge on any atom is 0.251 e. The van der Waals surface area contributed by atoms with Gasteiger partial charge in [-0.05, 0) is 62.6 Å². The Morgan fingerprint density at radius 3 is 2.07 bits per heavy atom. The number of carbonyl (C=O) groups excluding carboxylic acids is 2. The Kier molecular flexibility index (Phi) is 11.0. The minimum absolute atomic E-state index is 0.0593. The molecule has 2 amide bonds. The number of furan rings is 1. The molecule has 0 aliphatic heterocycles. The van der Waals surface area contributed by atoms with E-state index in [0.717, 1.165) is 16.9 Å². The molecule has 4 rings (SSSR count). The van der Waals surface area contributed by atoms with Crippen LogP contribution in [0.25, 0.3) is 0 Å². The molecule has 0 saturated carbocycles. The minimum Gasteiger partial charge on any atom is -0.446 e. The van der Waals surface area contributed by atoms with Crippen LogP contribution in [-0.4, -0.2) is 56.8 Å². The Balaban J connectivity index is 1.61. The van der Waals surface area contributed by atoms with E-state index < -0.39 is 34.0 Å². The van der Waals surface area contributed by atoms with Crippen molar-refractivity contribution in [3.8, 4) is 0 Å². The molecule has 3 aromatic carbocycles. The predicted molar refractivity (Wildman–Crippen MR) is 176 cm³/mol. The molecular weight excluding hydrogens is 592 g/mol. The molecule has 10 nitrogen and oxygen atoms in total. The smallest absolute Gasteiger partial charge is 0.251 e. The summed E-state index contributed by atoms with van der Waals surface area (Å²) in [6, 6.07) is 25.6. The summed E-state index contributed by atoms with van der Waals surface area (Å²) in [5.74, 6) is 0.0670. The van der Waals surface area contributed by atoms with Gasteiger partial charge in [-0.3, -0.25) is 14.3 Å². The summed E-state index contributed by atoms with van der Waals surface area (Å²) in [4.78, 5) is 28.9. The summed E-state index contributed by atoms with van der Waals surface area (Å²) in [7, 11) is -1.92. The minimum atomic E-state index is -3.71. The number of rotatable bonds is 14. The van der Waals surface area contributed by atoms with Gasteiger partial charge in [0.1, 0.15) is 5.76 Å². The van der Waals surface area contributed by atoms with Crippen LogP contribution in [0.2, 0.25) is 0 Å². The van der Waals surface area contributed by atoms with E-state index in [0.29, 0.717) is 12.3 Å². The predicted octanol–water partition coefficient (Wildman–Crippen LogP) is 4.68. The lowest BCUT2D eigenvalue weighted by molar-refractivity contribution is 0.0842. The fourth-order valence-corrected chi connectivity index (χ4v) is 5.45. The van der Waals surface area contributed by atoms with Crippen molar-refractivity contribution in [3.63, 3.8) is 0 Å². The fraction of sp³-hybridized carbons (Fsp3) is 0.294. The number of hydrogen-bond acceptors (Lipinski definition) is 7. The van der Waals surface area contributed by atoms with Gasteiger partial charge in [-0.1, -0.05) is 60.7 Å². The van der Waals surface area contributed by atoms with Crippen LogP contribution in [0.4, 0.5) is 11.6 Å². The SMILES string of the molecule is CCS(=O)(=O)Nc1cc(C(=O)N[C@@H](Cc2ccccc2)[C@H](O)CN(C)c2ccc(C)o2)cc(C(=O)N[C@H](C)c2ccccc2)c1. The molecule has 238 valence electrons. The van der Waals surface area contributed by atoms with Crippen LogP contribution in [-0.2, 0) is 16.4 Å². The number of anilines is 2. The summed E-state index contributed by atoms with van der Waals surface area (Å²) >= 11 is 0. The molecule has 0 fully saturated rings. The first-order valence-corrected chi connectivity index (χ1v) is 16.4. The van der Waals surface area contributed by atoms with Gasteiger partial charge in [0.2, 0.25) is 10.0 Å². The highest BCUT2D eigenvalue weighted by Gasteiger charge is 2.26. The van der Waals surface area contributed by atoms with Crippen LogP contribution in [0.5, 0.6) is 0 Å². The second kappa shape index (κ2) is 14.9. The second-order valence-electron chi connectivity index (χ2n) is 11.0. The molecular formula is C34H40N4O6S. The van der Waals surface area contributed by atoms with Gasteiger partial charge in [-0.25, -0.2) is 8.42 Å². The molecule has 0 spiro atoms. The van der Waals surface area contributed by atoms with Gasteiger partial charge in [0.15, 0.2) is 5.88 Å². The summed E-state index contributed by atoms with van der Waals surface area (Å²) < 4.78 is 33.0. The molecule has 45 heavy (non-hydrogen) atoms. The first-order chi connectivity index (χ1) is 21.4. The van der Waals surface area contributed by atoms with Crippen molar-refractivity contribution in [2.45, 2.75) is 45.4 Å². The molecule has 0 radical (unpaired) electrons. The van der Waals surface area contributed by atoms with Gasteiger partial charge in [-0.15, -0.1) is 0 Å². The van der Waals surface area contributed by atoms with Gasteiger partial charge < -0.3 is 25.1 Å². The zero-order valence-electron chi connectivity index (χ0n) is 25.9. The molecule has 0 aliphatic carbocycles. The summed E-state index contributed by atoms with van der Waals surface area (Å²) in [6.45, 7) is 5.32. The number of carbonyl (C=O) groups is 2. The van der Waals surface area contributed by atoms with E-state index >= 15 is 0 Å². The van der Waals surface area contributed by atoms with Crippen molar-refractivity contribution in [1.29, 1.82) is 0 Å². The van der Waals surface area contributed by atoms with Gasteiger partial charge >= 0.3 is 0 Å². The maximum atomic E-state index is 13.8. The van der Waals surface area contributed by atoms with E-state index in [2.05, 4.69) is 15.4 Å². The third-order valence-corrected chi connectivity index (χ3v) is 8.71. The van der Waals surface area contributed by atoms with Crippen molar-refractivity contribution in [1.82, 2.24) is 10.6 Å². The topological polar surface area (TPSA) is 141 Å². The van der Waals surface area contributed by atoms with E-state index in [1.165, 1.54) is 25.1 Å². The zero-order valence-corrected chi connectivity index (χ0v) is 26.7. The largest absolute Gasteiger partial charge is 0.446 e. The number of aliphatic hydroxyl groups excluding tert-OH is 1. The van der Waals surface area contributed by atoms with Gasteiger partial charge in [0.25, 0.3) is 11.8 Å². The van der Waals surface area contributed by atoms with E-state index in [1.807, 2.05) is 80.6 Å². The standard InChI is InChI=1S/C34H40N4O6S/c1-5-45(42,43)37-29-20-27(33(40)35-24(3)26-14-10-7-11-15-26)19-28(21-29)34(41)36-30(18-25-12-8-6-9-13-25)31(39)22-38(4)32-17-16-23(2)44-32/h6-17,19-21,24,30-31,37,39H,5,18,22H2,1-4H3,(H,35,40)(H,36,41)/t24-,30+,31-/m1/s1.